The first kappa shape index (κ1) is 16.8. The van der Waals surface area contributed by atoms with Gasteiger partial charge in [-0.05, 0) is 37.1 Å². The van der Waals surface area contributed by atoms with Crippen molar-refractivity contribution in [2.24, 2.45) is 5.92 Å². The second kappa shape index (κ2) is 8.14. The van der Waals surface area contributed by atoms with Crippen LogP contribution in [0.15, 0.2) is 28.7 Å². The smallest absolute Gasteiger partial charge is 0.326 e. The van der Waals surface area contributed by atoms with Gasteiger partial charge in [-0.1, -0.05) is 15.9 Å². The van der Waals surface area contributed by atoms with Crippen LogP contribution in [0.5, 0.6) is 5.75 Å². The molecule has 1 amide bonds. The predicted molar refractivity (Wildman–Crippen MR) is 82.7 cm³/mol. The number of halogens is 1. The third kappa shape index (κ3) is 4.99. The molecule has 1 fully saturated rings. The number of ether oxygens (including phenoxy) is 2. The Morgan fingerprint density at radius 2 is 2.14 bits per heavy atom. The number of aliphatic carboxylic acids is 1. The largest absolute Gasteiger partial charge is 0.484 e. The molecule has 1 aromatic carbocycles. The van der Waals surface area contributed by atoms with E-state index in [2.05, 4.69) is 21.2 Å². The molecule has 2 unspecified atom stereocenters. The zero-order valence-corrected chi connectivity index (χ0v) is 13.5. The Balaban J connectivity index is 1.85. The van der Waals surface area contributed by atoms with Crippen LogP contribution in [-0.2, 0) is 14.3 Å². The molecule has 1 aromatic rings. The quantitative estimate of drug-likeness (QED) is 0.796. The molecule has 0 saturated carbocycles. The molecule has 0 bridgehead atoms. The van der Waals surface area contributed by atoms with Crippen LogP contribution in [0.25, 0.3) is 0 Å². The van der Waals surface area contributed by atoms with Crippen LogP contribution < -0.4 is 10.1 Å². The Morgan fingerprint density at radius 1 is 1.41 bits per heavy atom. The number of carboxylic acids is 1. The highest BCUT2D eigenvalue weighted by molar-refractivity contribution is 9.10. The van der Waals surface area contributed by atoms with Crippen molar-refractivity contribution in [2.75, 3.05) is 19.8 Å². The highest BCUT2D eigenvalue weighted by atomic mass is 79.9. The van der Waals surface area contributed by atoms with Crippen molar-refractivity contribution in [1.29, 1.82) is 0 Å². The number of hydrogen-bond donors (Lipinski definition) is 2. The van der Waals surface area contributed by atoms with Crippen molar-refractivity contribution >= 4 is 27.8 Å². The Hall–Kier alpha value is -1.60. The number of nitrogens with one attached hydrogen (secondary N) is 1. The Labute approximate surface area is 136 Å². The van der Waals surface area contributed by atoms with Gasteiger partial charge in [0.2, 0.25) is 0 Å². The number of hydrogen-bond acceptors (Lipinski definition) is 4. The van der Waals surface area contributed by atoms with Crippen molar-refractivity contribution in [3.8, 4) is 5.75 Å². The topological polar surface area (TPSA) is 84.9 Å². The summed E-state index contributed by atoms with van der Waals surface area (Å²) in [6, 6.07) is 6.10. The fraction of sp³-hybridized carbons (Fsp3) is 0.467. The summed E-state index contributed by atoms with van der Waals surface area (Å²) in [5, 5.41) is 11.8. The fourth-order valence-corrected chi connectivity index (χ4v) is 2.57. The van der Waals surface area contributed by atoms with Gasteiger partial charge in [-0.25, -0.2) is 4.79 Å². The summed E-state index contributed by atoms with van der Waals surface area (Å²) in [7, 11) is 0. The maximum absolute atomic E-state index is 11.9. The van der Waals surface area contributed by atoms with Crippen LogP contribution in [0.1, 0.15) is 12.8 Å². The standard InChI is InChI=1S/C15H18BrNO5/c16-11-3-5-12(6-4-11)22-9-13(18)17-14(15(19)20)10-2-1-7-21-8-10/h3-6,10,14H,1-2,7-9H2,(H,17,18)(H,19,20). The molecule has 1 saturated heterocycles. The average molecular weight is 372 g/mol. The van der Waals surface area contributed by atoms with Crippen LogP contribution >= 0.6 is 15.9 Å². The SMILES string of the molecule is O=C(COc1ccc(Br)cc1)NC(C(=O)O)C1CCCOC1. The molecule has 0 aliphatic carbocycles. The molecular weight excluding hydrogens is 354 g/mol. The summed E-state index contributed by atoms with van der Waals surface area (Å²) in [6.07, 6.45) is 1.53. The molecule has 6 nitrogen and oxygen atoms in total. The number of amides is 1. The van der Waals surface area contributed by atoms with Gasteiger partial charge < -0.3 is 19.9 Å². The molecule has 2 rings (SSSR count). The molecular formula is C15H18BrNO5. The molecule has 2 N–H and O–H groups in total. The van der Waals surface area contributed by atoms with Crippen LogP contribution in [0, 0.1) is 5.92 Å². The molecule has 1 aliphatic rings. The molecule has 7 heteroatoms. The van der Waals surface area contributed by atoms with E-state index in [1.165, 1.54) is 0 Å². The highest BCUT2D eigenvalue weighted by Gasteiger charge is 2.31. The van der Waals surface area contributed by atoms with E-state index in [4.69, 9.17) is 9.47 Å². The third-order valence-corrected chi connectivity index (χ3v) is 3.96. The van der Waals surface area contributed by atoms with Crippen LogP contribution in [0.2, 0.25) is 0 Å². The van der Waals surface area contributed by atoms with E-state index < -0.39 is 17.9 Å². The zero-order chi connectivity index (χ0) is 15.9. The Bertz CT molecular complexity index is 513. The number of carboxylic acid groups (broad SMARTS) is 1. The minimum atomic E-state index is -1.05. The zero-order valence-electron chi connectivity index (χ0n) is 12.0. The summed E-state index contributed by atoms with van der Waals surface area (Å²) >= 11 is 3.31. The van der Waals surface area contributed by atoms with Gasteiger partial charge in [-0.3, -0.25) is 4.79 Å². The minimum absolute atomic E-state index is 0.206. The summed E-state index contributed by atoms with van der Waals surface area (Å²) in [5.74, 6) is -1.16. The average Bonchev–Trinajstić information content (AvgIpc) is 2.52. The van der Waals surface area contributed by atoms with E-state index in [9.17, 15) is 14.7 Å². The van der Waals surface area contributed by atoms with Crippen molar-refractivity contribution in [2.45, 2.75) is 18.9 Å². The van der Waals surface area contributed by atoms with E-state index in [0.717, 1.165) is 17.3 Å². The first-order chi connectivity index (χ1) is 10.6. The maximum atomic E-state index is 11.9. The van der Waals surface area contributed by atoms with Crippen LogP contribution in [0.4, 0.5) is 0 Å². The first-order valence-electron chi connectivity index (χ1n) is 7.04. The maximum Gasteiger partial charge on any atom is 0.326 e. The first-order valence-corrected chi connectivity index (χ1v) is 7.84. The van der Waals surface area contributed by atoms with Gasteiger partial charge in [0.15, 0.2) is 6.61 Å². The van der Waals surface area contributed by atoms with Gasteiger partial charge in [0.05, 0.1) is 6.61 Å². The number of rotatable bonds is 6. The second-order valence-electron chi connectivity index (χ2n) is 5.10. The summed E-state index contributed by atoms with van der Waals surface area (Å²) in [4.78, 5) is 23.2. The lowest BCUT2D eigenvalue weighted by molar-refractivity contribution is -0.145. The summed E-state index contributed by atoms with van der Waals surface area (Å²) < 4.78 is 11.5. The minimum Gasteiger partial charge on any atom is -0.484 e. The lowest BCUT2D eigenvalue weighted by atomic mass is 9.94. The molecule has 0 aromatic heterocycles. The number of benzene rings is 1. The van der Waals surface area contributed by atoms with Gasteiger partial charge in [0, 0.05) is 17.0 Å². The molecule has 0 spiro atoms. The Morgan fingerprint density at radius 3 is 2.73 bits per heavy atom. The molecule has 120 valence electrons. The van der Waals surface area contributed by atoms with E-state index in [1.807, 2.05) is 0 Å². The second-order valence-corrected chi connectivity index (χ2v) is 6.02. The van der Waals surface area contributed by atoms with E-state index >= 15 is 0 Å². The molecule has 0 radical (unpaired) electrons. The van der Waals surface area contributed by atoms with E-state index in [0.29, 0.717) is 19.0 Å². The van der Waals surface area contributed by atoms with Crippen molar-refractivity contribution < 1.29 is 24.2 Å². The molecule has 22 heavy (non-hydrogen) atoms. The van der Waals surface area contributed by atoms with Crippen LogP contribution in [0.3, 0.4) is 0 Å². The molecule has 1 heterocycles. The lowest BCUT2D eigenvalue weighted by Gasteiger charge is -2.28. The summed E-state index contributed by atoms with van der Waals surface area (Å²) in [6.45, 7) is 0.771. The van der Waals surface area contributed by atoms with Crippen molar-refractivity contribution in [1.82, 2.24) is 5.32 Å². The number of carbonyl (C=O) groups excluding carboxylic acids is 1. The third-order valence-electron chi connectivity index (χ3n) is 3.43. The highest BCUT2D eigenvalue weighted by Crippen LogP contribution is 2.18. The van der Waals surface area contributed by atoms with Crippen molar-refractivity contribution in [3.63, 3.8) is 0 Å². The lowest BCUT2D eigenvalue weighted by Crippen LogP contribution is -2.49. The van der Waals surface area contributed by atoms with Gasteiger partial charge >= 0.3 is 5.97 Å². The van der Waals surface area contributed by atoms with Gasteiger partial charge in [0.25, 0.3) is 5.91 Å². The van der Waals surface area contributed by atoms with Gasteiger partial charge in [0.1, 0.15) is 11.8 Å². The molecule has 1 aliphatic heterocycles. The van der Waals surface area contributed by atoms with E-state index in [1.54, 1.807) is 24.3 Å². The van der Waals surface area contributed by atoms with Gasteiger partial charge in [-0.15, -0.1) is 0 Å². The van der Waals surface area contributed by atoms with Gasteiger partial charge in [-0.2, -0.15) is 0 Å². The predicted octanol–water partition coefficient (Wildman–Crippen LogP) is 1.82. The fourth-order valence-electron chi connectivity index (χ4n) is 2.30. The molecule has 2 atom stereocenters. The Kier molecular flexibility index (Phi) is 6.21. The van der Waals surface area contributed by atoms with E-state index in [-0.39, 0.29) is 12.5 Å². The van der Waals surface area contributed by atoms with Crippen molar-refractivity contribution in [3.05, 3.63) is 28.7 Å². The van der Waals surface area contributed by atoms with Crippen LogP contribution in [-0.4, -0.2) is 42.8 Å². The summed E-state index contributed by atoms with van der Waals surface area (Å²) in [5.41, 5.74) is 0. The normalized spacial score (nSPS) is 19.2. The number of carbonyl (C=O) groups is 2. The monoisotopic (exact) mass is 371 g/mol.